The van der Waals surface area contributed by atoms with E-state index in [1.165, 1.54) is 6.07 Å². The molecule has 0 aromatic heterocycles. The Bertz CT molecular complexity index is 353. The van der Waals surface area contributed by atoms with E-state index in [0.29, 0.717) is 0 Å². The summed E-state index contributed by atoms with van der Waals surface area (Å²) < 4.78 is 18.7. The zero-order valence-electron chi connectivity index (χ0n) is 8.74. The quantitative estimate of drug-likeness (QED) is 0.762. The molecule has 0 bridgehead atoms. The zero-order chi connectivity index (χ0) is 10.8. The average molecular weight is 226 g/mol. The maximum absolute atomic E-state index is 12.9. The second-order valence-corrected chi connectivity index (χ2v) is 4.59. The largest absolute Gasteiger partial charge is 0.489 e. The standard InChI is InChI=1S/C12H15FOS/c1-2-12(15)11-5-3-8-7-9(13)4-6-10(8)14-11/h4,6-7,11-12,15H,2-3,5H2,1H3. The third kappa shape index (κ3) is 2.28. The zero-order valence-corrected chi connectivity index (χ0v) is 9.64. The molecule has 0 spiro atoms. The van der Waals surface area contributed by atoms with Crippen LogP contribution in [0.1, 0.15) is 25.3 Å². The van der Waals surface area contributed by atoms with E-state index >= 15 is 0 Å². The van der Waals surface area contributed by atoms with Crippen LogP contribution in [0.4, 0.5) is 4.39 Å². The highest BCUT2D eigenvalue weighted by molar-refractivity contribution is 7.81. The molecular weight excluding hydrogens is 211 g/mol. The number of thiol groups is 1. The first-order valence-electron chi connectivity index (χ1n) is 5.34. The lowest BCUT2D eigenvalue weighted by Gasteiger charge is -2.29. The molecule has 0 saturated heterocycles. The molecule has 0 radical (unpaired) electrons. The molecule has 2 rings (SSSR count). The summed E-state index contributed by atoms with van der Waals surface area (Å²) in [6.45, 7) is 2.10. The average Bonchev–Trinajstić information content (AvgIpc) is 2.27. The van der Waals surface area contributed by atoms with Crippen LogP contribution in [-0.4, -0.2) is 11.4 Å². The first-order chi connectivity index (χ1) is 7.20. The smallest absolute Gasteiger partial charge is 0.123 e. The summed E-state index contributed by atoms with van der Waals surface area (Å²) >= 11 is 4.49. The van der Waals surface area contributed by atoms with Crippen molar-refractivity contribution in [3.8, 4) is 5.75 Å². The van der Waals surface area contributed by atoms with Crippen molar-refractivity contribution >= 4 is 12.6 Å². The van der Waals surface area contributed by atoms with Crippen LogP contribution >= 0.6 is 12.6 Å². The lowest BCUT2D eigenvalue weighted by Crippen LogP contribution is -2.31. The molecule has 2 unspecified atom stereocenters. The number of benzene rings is 1. The Balaban J connectivity index is 2.16. The molecule has 3 heteroatoms. The maximum atomic E-state index is 12.9. The van der Waals surface area contributed by atoms with Gasteiger partial charge in [0, 0.05) is 5.25 Å². The third-order valence-electron chi connectivity index (χ3n) is 2.85. The van der Waals surface area contributed by atoms with E-state index in [0.717, 1.165) is 30.6 Å². The van der Waals surface area contributed by atoms with E-state index in [1.807, 2.05) is 0 Å². The monoisotopic (exact) mass is 226 g/mol. The minimum absolute atomic E-state index is 0.163. The van der Waals surface area contributed by atoms with Crippen molar-refractivity contribution in [1.82, 2.24) is 0 Å². The molecule has 1 nitrogen and oxygen atoms in total. The van der Waals surface area contributed by atoms with Gasteiger partial charge < -0.3 is 4.74 Å². The van der Waals surface area contributed by atoms with Gasteiger partial charge in [-0.25, -0.2) is 4.39 Å². The van der Waals surface area contributed by atoms with Gasteiger partial charge in [0.2, 0.25) is 0 Å². The van der Waals surface area contributed by atoms with E-state index in [-0.39, 0.29) is 17.2 Å². The van der Waals surface area contributed by atoms with Gasteiger partial charge in [-0.1, -0.05) is 6.92 Å². The van der Waals surface area contributed by atoms with E-state index in [2.05, 4.69) is 19.6 Å². The van der Waals surface area contributed by atoms with Gasteiger partial charge in [-0.15, -0.1) is 0 Å². The number of rotatable bonds is 2. The number of hydrogen-bond donors (Lipinski definition) is 1. The minimum atomic E-state index is -0.186. The van der Waals surface area contributed by atoms with Crippen molar-refractivity contribution in [3.05, 3.63) is 29.6 Å². The van der Waals surface area contributed by atoms with E-state index < -0.39 is 0 Å². The summed E-state index contributed by atoms with van der Waals surface area (Å²) in [6, 6.07) is 4.72. The molecule has 15 heavy (non-hydrogen) atoms. The first-order valence-corrected chi connectivity index (χ1v) is 5.85. The highest BCUT2D eigenvalue weighted by Crippen LogP contribution is 2.30. The number of hydrogen-bond acceptors (Lipinski definition) is 2. The summed E-state index contributed by atoms with van der Waals surface area (Å²) in [6.07, 6.45) is 2.97. The number of aryl methyl sites for hydroxylation is 1. The van der Waals surface area contributed by atoms with Crippen molar-refractivity contribution in [3.63, 3.8) is 0 Å². The van der Waals surface area contributed by atoms with Crippen LogP contribution in [0.15, 0.2) is 18.2 Å². The van der Waals surface area contributed by atoms with Crippen molar-refractivity contribution in [1.29, 1.82) is 0 Å². The Morgan fingerprint density at radius 2 is 2.40 bits per heavy atom. The molecule has 1 aliphatic rings. The summed E-state index contributed by atoms with van der Waals surface area (Å²) in [7, 11) is 0. The van der Waals surface area contributed by atoms with E-state index in [4.69, 9.17) is 4.74 Å². The van der Waals surface area contributed by atoms with Crippen LogP contribution < -0.4 is 4.74 Å². The Labute approximate surface area is 95.0 Å². The highest BCUT2D eigenvalue weighted by Gasteiger charge is 2.24. The van der Waals surface area contributed by atoms with Gasteiger partial charge in [0.1, 0.15) is 17.7 Å². The number of ether oxygens (including phenoxy) is 1. The molecule has 82 valence electrons. The lowest BCUT2D eigenvalue weighted by atomic mass is 9.99. The normalized spacial score (nSPS) is 21.7. The van der Waals surface area contributed by atoms with Gasteiger partial charge in [-0.2, -0.15) is 12.6 Å². The highest BCUT2D eigenvalue weighted by atomic mass is 32.1. The van der Waals surface area contributed by atoms with Gasteiger partial charge in [0.25, 0.3) is 0 Å². The van der Waals surface area contributed by atoms with Crippen molar-refractivity contribution in [2.45, 2.75) is 37.5 Å². The molecule has 0 aliphatic carbocycles. The molecular formula is C12H15FOS. The fraction of sp³-hybridized carbons (Fsp3) is 0.500. The van der Waals surface area contributed by atoms with E-state index in [1.54, 1.807) is 12.1 Å². The predicted octanol–water partition coefficient (Wildman–Crippen LogP) is 3.23. The SMILES string of the molecule is CCC(S)C1CCc2cc(F)ccc2O1. The topological polar surface area (TPSA) is 9.23 Å². The van der Waals surface area contributed by atoms with Crippen LogP contribution in [0, 0.1) is 5.82 Å². The number of halogens is 1. The predicted molar refractivity (Wildman–Crippen MR) is 62.2 cm³/mol. The van der Waals surface area contributed by atoms with Crippen molar-refractivity contribution in [2.24, 2.45) is 0 Å². The lowest BCUT2D eigenvalue weighted by molar-refractivity contribution is 0.169. The first kappa shape index (κ1) is 10.8. The molecule has 1 aliphatic heterocycles. The minimum Gasteiger partial charge on any atom is -0.489 e. The van der Waals surface area contributed by atoms with Gasteiger partial charge in [0.05, 0.1) is 0 Å². The molecule has 0 saturated carbocycles. The molecule has 0 amide bonds. The molecule has 0 N–H and O–H groups in total. The van der Waals surface area contributed by atoms with Crippen LogP contribution in [-0.2, 0) is 6.42 Å². The van der Waals surface area contributed by atoms with E-state index in [9.17, 15) is 4.39 Å². The third-order valence-corrected chi connectivity index (χ3v) is 3.54. The molecule has 1 aromatic carbocycles. The summed E-state index contributed by atoms with van der Waals surface area (Å²) in [4.78, 5) is 0. The Morgan fingerprint density at radius 3 is 3.13 bits per heavy atom. The van der Waals surface area contributed by atoms with Crippen LogP contribution in [0.2, 0.25) is 0 Å². The maximum Gasteiger partial charge on any atom is 0.123 e. The molecule has 1 aromatic rings. The Kier molecular flexibility index (Phi) is 3.19. The van der Waals surface area contributed by atoms with Crippen LogP contribution in [0.3, 0.4) is 0 Å². The second-order valence-electron chi connectivity index (χ2n) is 3.92. The molecule has 0 fully saturated rings. The van der Waals surface area contributed by atoms with Crippen molar-refractivity contribution < 1.29 is 9.13 Å². The molecule has 2 atom stereocenters. The fourth-order valence-electron chi connectivity index (χ4n) is 1.91. The summed E-state index contributed by atoms with van der Waals surface area (Å²) in [5, 5.41) is 0.267. The van der Waals surface area contributed by atoms with Crippen LogP contribution in [0.25, 0.3) is 0 Å². The van der Waals surface area contributed by atoms with Gasteiger partial charge >= 0.3 is 0 Å². The molecule has 1 heterocycles. The van der Waals surface area contributed by atoms with Gasteiger partial charge in [-0.3, -0.25) is 0 Å². The van der Waals surface area contributed by atoms with Crippen LogP contribution in [0.5, 0.6) is 5.75 Å². The second kappa shape index (κ2) is 4.44. The Morgan fingerprint density at radius 1 is 1.60 bits per heavy atom. The fourth-order valence-corrected chi connectivity index (χ4v) is 2.12. The Hall–Kier alpha value is -0.700. The van der Waals surface area contributed by atoms with Gasteiger partial charge in [0.15, 0.2) is 0 Å². The van der Waals surface area contributed by atoms with Crippen molar-refractivity contribution in [2.75, 3.05) is 0 Å². The number of fused-ring (bicyclic) bond motifs is 1. The summed E-state index contributed by atoms with van der Waals surface area (Å²) in [5.74, 6) is 0.633. The van der Waals surface area contributed by atoms with Gasteiger partial charge in [-0.05, 0) is 43.0 Å². The summed E-state index contributed by atoms with van der Waals surface area (Å²) in [5.41, 5.74) is 0.975.